The van der Waals surface area contributed by atoms with Crippen molar-refractivity contribution in [2.24, 2.45) is 0 Å². The lowest BCUT2D eigenvalue weighted by molar-refractivity contribution is -0.120. The van der Waals surface area contributed by atoms with Crippen LogP contribution in [0.5, 0.6) is 11.5 Å². The van der Waals surface area contributed by atoms with Gasteiger partial charge in [-0.2, -0.15) is 0 Å². The van der Waals surface area contributed by atoms with E-state index < -0.39 is 0 Å². The molecule has 1 fully saturated rings. The standard InChI is InChI=1S/C19H20ClN3O4/c1-26-14-3-5-15(6-4-14)27-12-19(25)22-13-2-7-17(16(20)10-13)23-9-8-21-18(24)11-23/h2-7,10H,8-9,11-12H2,1H3,(H,21,24)(H,22,25). The number of hydrogen-bond acceptors (Lipinski definition) is 5. The molecule has 8 heteroatoms. The average molecular weight is 390 g/mol. The van der Waals surface area contributed by atoms with E-state index in [0.29, 0.717) is 35.3 Å². The van der Waals surface area contributed by atoms with Crippen molar-refractivity contribution >= 4 is 34.8 Å². The van der Waals surface area contributed by atoms with Gasteiger partial charge in [0.1, 0.15) is 11.5 Å². The second-order valence-corrected chi connectivity index (χ2v) is 6.36. The number of halogens is 1. The molecular formula is C19H20ClN3O4. The summed E-state index contributed by atoms with van der Waals surface area (Å²) in [5.74, 6) is 0.952. The number of carbonyl (C=O) groups excluding carboxylic acids is 2. The Kier molecular flexibility index (Phi) is 6.03. The summed E-state index contributed by atoms with van der Waals surface area (Å²) in [6.07, 6.45) is 0. The molecule has 2 N–H and O–H groups in total. The van der Waals surface area contributed by atoms with E-state index in [4.69, 9.17) is 21.1 Å². The minimum Gasteiger partial charge on any atom is -0.497 e. The lowest BCUT2D eigenvalue weighted by atomic mass is 10.2. The number of benzene rings is 2. The number of piperazine rings is 1. The molecule has 0 radical (unpaired) electrons. The summed E-state index contributed by atoms with van der Waals surface area (Å²) in [7, 11) is 1.58. The van der Waals surface area contributed by atoms with E-state index >= 15 is 0 Å². The first-order valence-electron chi connectivity index (χ1n) is 8.43. The van der Waals surface area contributed by atoms with Crippen LogP contribution < -0.4 is 25.0 Å². The number of ether oxygens (including phenoxy) is 2. The zero-order valence-corrected chi connectivity index (χ0v) is 15.6. The fourth-order valence-electron chi connectivity index (χ4n) is 2.70. The number of methoxy groups -OCH3 is 1. The van der Waals surface area contributed by atoms with Gasteiger partial charge in [-0.05, 0) is 42.5 Å². The minimum atomic E-state index is -0.299. The molecule has 2 amide bonds. The van der Waals surface area contributed by atoms with Crippen LogP contribution in [0.2, 0.25) is 5.02 Å². The Labute approximate surface area is 162 Å². The molecule has 1 aliphatic heterocycles. The lowest BCUT2D eigenvalue weighted by Gasteiger charge is -2.29. The molecule has 0 spiro atoms. The van der Waals surface area contributed by atoms with Crippen molar-refractivity contribution in [3.05, 3.63) is 47.5 Å². The smallest absolute Gasteiger partial charge is 0.262 e. The van der Waals surface area contributed by atoms with Gasteiger partial charge in [0.05, 0.1) is 24.4 Å². The molecule has 27 heavy (non-hydrogen) atoms. The highest BCUT2D eigenvalue weighted by atomic mass is 35.5. The first-order valence-corrected chi connectivity index (χ1v) is 8.81. The van der Waals surface area contributed by atoms with Crippen LogP contribution in [-0.2, 0) is 9.59 Å². The Morgan fingerprint density at radius 1 is 1.22 bits per heavy atom. The molecule has 1 heterocycles. The van der Waals surface area contributed by atoms with E-state index in [1.165, 1.54) is 0 Å². The molecule has 0 aliphatic carbocycles. The van der Waals surface area contributed by atoms with E-state index in [0.717, 1.165) is 5.69 Å². The van der Waals surface area contributed by atoms with Crippen molar-refractivity contribution < 1.29 is 19.1 Å². The number of amides is 2. The van der Waals surface area contributed by atoms with Crippen molar-refractivity contribution in [3.63, 3.8) is 0 Å². The van der Waals surface area contributed by atoms with Crippen LogP contribution in [0.3, 0.4) is 0 Å². The van der Waals surface area contributed by atoms with Crippen molar-refractivity contribution in [1.29, 1.82) is 0 Å². The quantitative estimate of drug-likeness (QED) is 0.792. The number of hydrogen-bond donors (Lipinski definition) is 2. The number of nitrogens with zero attached hydrogens (tertiary/aromatic N) is 1. The van der Waals surface area contributed by atoms with Crippen LogP contribution in [0.4, 0.5) is 11.4 Å². The molecule has 1 saturated heterocycles. The number of carbonyl (C=O) groups is 2. The van der Waals surface area contributed by atoms with E-state index in [-0.39, 0.29) is 25.0 Å². The lowest BCUT2D eigenvalue weighted by Crippen LogP contribution is -2.47. The molecule has 1 aliphatic rings. The maximum absolute atomic E-state index is 12.1. The summed E-state index contributed by atoms with van der Waals surface area (Å²) in [5.41, 5.74) is 1.33. The van der Waals surface area contributed by atoms with Gasteiger partial charge >= 0.3 is 0 Å². The summed E-state index contributed by atoms with van der Waals surface area (Å²) in [6, 6.07) is 12.2. The average Bonchev–Trinajstić information content (AvgIpc) is 2.67. The summed E-state index contributed by atoms with van der Waals surface area (Å²) in [6.45, 7) is 1.41. The van der Waals surface area contributed by atoms with Crippen LogP contribution in [0.25, 0.3) is 0 Å². The molecule has 0 bridgehead atoms. The Morgan fingerprint density at radius 2 is 1.96 bits per heavy atom. The zero-order valence-electron chi connectivity index (χ0n) is 14.8. The van der Waals surface area contributed by atoms with Crippen LogP contribution in [0, 0.1) is 0 Å². The molecule has 142 valence electrons. The number of nitrogens with one attached hydrogen (secondary N) is 2. The van der Waals surface area contributed by atoms with E-state index in [2.05, 4.69) is 10.6 Å². The monoisotopic (exact) mass is 389 g/mol. The van der Waals surface area contributed by atoms with Gasteiger partial charge < -0.3 is 25.0 Å². The van der Waals surface area contributed by atoms with Gasteiger partial charge in [0.15, 0.2) is 6.61 Å². The normalized spacial score (nSPS) is 13.7. The molecule has 0 aromatic heterocycles. The molecule has 0 unspecified atom stereocenters. The Balaban J connectivity index is 1.55. The molecular weight excluding hydrogens is 370 g/mol. The molecule has 7 nitrogen and oxygen atoms in total. The number of anilines is 2. The maximum Gasteiger partial charge on any atom is 0.262 e. The highest BCUT2D eigenvalue weighted by molar-refractivity contribution is 6.33. The molecule has 2 aromatic rings. The molecule has 0 atom stereocenters. The fourth-order valence-corrected chi connectivity index (χ4v) is 3.00. The van der Waals surface area contributed by atoms with E-state index in [1.807, 2.05) is 4.90 Å². The van der Waals surface area contributed by atoms with Crippen LogP contribution >= 0.6 is 11.6 Å². The topological polar surface area (TPSA) is 79.9 Å². The van der Waals surface area contributed by atoms with E-state index in [9.17, 15) is 9.59 Å². The van der Waals surface area contributed by atoms with Gasteiger partial charge in [-0.3, -0.25) is 9.59 Å². The van der Waals surface area contributed by atoms with Gasteiger partial charge in [-0.1, -0.05) is 11.6 Å². The van der Waals surface area contributed by atoms with E-state index in [1.54, 1.807) is 49.6 Å². The molecule has 2 aromatic carbocycles. The second-order valence-electron chi connectivity index (χ2n) is 5.95. The largest absolute Gasteiger partial charge is 0.497 e. The third kappa shape index (κ3) is 5.04. The Morgan fingerprint density at radius 3 is 2.63 bits per heavy atom. The predicted octanol–water partition coefficient (Wildman–Crippen LogP) is 2.30. The third-order valence-electron chi connectivity index (χ3n) is 4.04. The van der Waals surface area contributed by atoms with Gasteiger partial charge in [-0.15, -0.1) is 0 Å². The van der Waals surface area contributed by atoms with Crippen molar-refractivity contribution in [3.8, 4) is 11.5 Å². The van der Waals surface area contributed by atoms with Crippen molar-refractivity contribution in [2.45, 2.75) is 0 Å². The summed E-state index contributed by atoms with van der Waals surface area (Å²) < 4.78 is 10.5. The van der Waals surface area contributed by atoms with Crippen molar-refractivity contribution in [2.75, 3.05) is 43.6 Å². The van der Waals surface area contributed by atoms with Gasteiger partial charge in [-0.25, -0.2) is 0 Å². The van der Waals surface area contributed by atoms with Gasteiger partial charge in [0.25, 0.3) is 5.91 Å². The summed E-state index contributed by atoms with van der Waals surface area (Å²) >= 11 is 6.33. The zero-order chi connectivity index (χ0) is 19.2. The number of rotatable bonds is 6. The third-order valence-corrected chi connectivity index (χ3v) is 4.34. The van der Waals surface area contributed by atoms with Gasteiger partial charge in [0.2, 0.25) is 5.91 Å². The van der Waals surface area contributed by atoms with Crippen LogP contribution in [0.1, 0.15) is 0 Å². The van der Waals surface area contributed by atoms with Crippen LogP contribution in [-0.4, -0.2) is 45.2 Å². The van der Waals surface area contributed by atoms with Gasteiger partial charge in [0, 0.05) is 18.8 Å². The van der Waals surface area contributed by atoms with Crippen LogP contribution in [0.15, 0.2) is 42.5 Å². The minimum absolute atomic E-state index is 0.0367. The summed E-state index contributed by atoms with van der Waals surface area (Å²) in [5, 5.41) is 5.99. The second kappa shape index (κ2) is 8.64. The highest BCUT2D eigenvalue weighted by Gasteiger charge is 2.18. The molecule has 0 saturated carbocycles. The summed E-state index contributed by atoms with van der Waals surface area (Å²) in [4.78, 5) is 25.5. The first-order chi connectivity index (χ1) is 13.0. The Bertz CT molecular complexity index is 826. The maximum atomic E-state index is 12.1. The Hall–Kier alpha value is -2.93. The predicted molar refractivity (Wildman–Crippen MR) is 104 cm³/mol. The highest BCUT2D eigenvalue weighted by Crippen LogP contribution is 2.29. The first kappa shape index (κ1) is 18.8. The van der Waals surface area contributed by atoms with Crippen molar-refractivity contribution in [1.82, 2.24) is 5.32 Å². The fraction of sp³-hybridized carbons (Fsp3) is 0.263. The SMILES string of the molecule is COc1ccc(OCC(=O)Nc2ccc(N3CCNC(=O)C3)c(Cl)c2)cc1. The molecule has 3 rings (SSSR count).